The van der Waals surface area contributed by atoms with Crippen molar-refractivity contribution in [1.29, 1.82) is 0 Å². The van der Waals surface area contributed by atoms with E-state index in [9.17, 15) is 10.0 Å². The van der Waals surface area contributed by atoms with E-state index in [4.69, 9.17) is 0 Å². The summed E-state index contributed by atoms with van der Waals surface area (Å²) >= 11 is 1.51. The molecule has 1 aromatic heterocycles. The maximum Gasteiger partial charge on any atom is 0.488 e. The Bertz CT molecular complexity index is 504. The molecule has 0 aliphatic rings. The lowest BCUT2D eigenvalue weighted by atomic mass is 9.77. The number of hydrogen-bond donors (Lipinski definition) is 2. The van der Waals surface area contributed by atoms with Crippen LogP contribution in [0.3, 0.4) is 0 Å². The zero-order valence-electron chi connectivity index (χ0n) is 9.32. The summed E-state index contributed by atoms with van der Waals surface area (Å²) in [5.41, 5.74) is 1.41. The van der Waals surface area contributed by atoms with Crippen molar-refractivity contribution in [2.45, 2.75) is 10.9 Å². The molecule has 0 saturated heterocycles. The van der Waals surface area contributed by atoms with Crippen LogP contribution >= 0.6 is 11.8 Å². The molecule has 17 heavy (non-hydrogen) atoms. The molecule has 0 radical (unpaired) electrons. The van der Waals surface area contributed by atoms with Crippen LogP contribution in [0.5, 0.6) is 0 Å². The molecule has 0 unspecified atom stereocenters. The molecule has 5 nitrogen and oxygen atoms in total. The van der Waals surface area contributed by atoms with Crippen LogP contribution in [0.2, 0.25) is 0 Å². The quantitative estimate of drug-likeness (QED) is 0.579. The van der Waals surface area contributed by atoms with E-state index in [0.29, 0.717) is 11.2 Å². The van der Waals surface area contributed by atoms with Crippen molar-refractivity contribution in [2.75, 3.05) is 0 Å². The average molecular weight is 249 g/mol. The van der Waals surface area contributed by atoms with Gasteiger partial charge in [0.25, 0.3) is 0 Å². The smallest absolute Gasteiger partial charge is 0.423 e. The van der Waals surface area contributed by atoms with Gasteiger partial charge in [-0.15, -0.1) is 0 Å². The van der Waals surface area contributed by atoms with Gasteiger partial charge in [-0.1, -0.05) is 36.0 Å². The van der Waals surface area contributed by atoms with Crippen LogP contribution in [-0.4, -0.2) is 31.9 Å². The molecule has 0 aliphatic carbocycles. The zero-order valence-corrected chi connectivity index (χ0v) is 10.1. The lowest BCUT2D eigenvalue weighted by Crippen LogP contribution is -2.32. The maximum absolute atomic E-state index is 9.23. The van der Waals surface area contributed by atoms with Gasteiger partial charge < -0.3 is 10.0 Å². The van der Waals surface area contributed by atoms with Gasteiger partial charge in [0.2, 0.25) is 0 Å². The molecule has 88 valence electrons. The van der Waals surface area contributed by atoms with Gasteiger partial charge in [0.1, 0.15) is 6.33 Å². The summed E-state index contributed by atoms with van der Waals surface area (Å²) in [6.45, 7) is 0. The van der Waals surface area contributed by atoms with E-state index in [1.807, 2.05) is 19.2 Å². The van der Waals surface area contributed by atoms with Gasteiger partial charge in [-0.2, -0.15) is 5.10 Å². The first-order valence-electron chi connectivity index (χ1n) is 5.09. The van der Waals surface area contributed by atoms with Crippen LogP contribution < -0.4 is 5.46 Å². The van der Waals surface area contributed by atoms with Crippen molar-refractivity contribution in [3.63, 3.8) is 0 Å². The van der Waals surface area contributed by atoms with Gasteiger partial charge >= 0.3 is 7.12 Å². The van der Waals surface area contributed by atoms with E-state index in [1.54, 1.807) is 16.8 Å². The molecule has 0 saturated carbocycles. The monoisotopic (exact) mass is 249 g/mol. The highest BCUT2D eigenvalue weighted by Crippen LogP contribution is 2.18. The molecule has 1 aromatic carbocycles. The Balaban J connectivity index is 2.11. The number of aryl methyl sites for hydroxylation is 1. The highest BCUT2D eigenvalue weighted by molar-refractivity contribution is 7.98. The van der Waals surface area contributed by atoms with E-state index in [0.717, 1.165) is 10.7 Å². The van der Waals surface area contributed by atoms with Crippen LogP contribution in [0, 0.1) is 0 Å². The Morgan fingerprint density at radius 2 is 2.12 bits per heavy atom. The zero-order chi connectivity index (χ0) is 12.3. The second-order valence-electron chi connectivity index (χ2n) is 3.53. The van der Waals surface area contributed by atoms with E-state index in [-0.39, 0.29) is 0 Å². The van der Waals surface area contributed by atoms with Crippen molar-refractivity contribution >= 4 is 24.3 Å². The van der Waals surface area contributed by atoms with Crippen molar-refractivity contribution in [3.05, 3.63) is 36.2 Å². The van der Waals surface area contributed by atoms with Crippen molar-refractivity contribution in [3.8, 4) is 0 Å². The predicted octanol–water partition coefficient (Wildman–Crippen LogP) is -0.213. The molecule has 0 amide bonds. The third kappa shape index (κ3) is 2.88. The average Bonchev–Trinajstić information content (AvgIpc) is 2.72. The Kier molecular flexibility index (Phi) is 3.83. The normalized spacial score (nSPS) is 10.5. The van der Waals surface area contributed by atoms with Crippen LogP contribution in [0.4, 0.5) is 0 Å². The fraction of sp³-hybridized carbons (Fsp3) is 0.200. The third-order valence-corrected chi connectivity index (χ3v) is 3.44. The predicted molar refractivity (Wildman–Crippen MR) is 66.8 cm³/mol. The fourth-order valence-corrected chi connectivity index (χ4v) is 2.38. The highest BCUT2D eigenvalue weighted by atomic mass is 32.2. The number of benzene rings is 1. The van der Waals surface area contributed by atoms with Gasteiger partial charge in [-0.05, 0) is 11.0 Å². The topological polar surface area (TPSA) is 71.2 Å². The van der Waals surface area contributed by atoms with Gasteiger partial charge in [0.05, 0.1) is 0 Å². The highest BCUT2D eigenvalue weighted by Gasteiger charge is 2.15. The maximum atomic E-state index is 9.23. The SMILES string of the molecule is Cn1ncnc1SCc1ccccc1B(O)O. The molecule has 0 aliphatic heterocycles. The molecule has 2 N–H and O–H groups in total. The minimum absolute atomic E-state index is 0.530. The van der Waals surface area contributed by atoms with E-state index < -0.39 is 7.12 Å². The van der Waals surface area contributed by atoms with Gasteiger partial charge in [-0.25, -0.2) is 9.67 Å². The van der Waals surface area contributed by atoms with Crippen LogP contribution in [0.1, 0.15) is 5.56 Å². The standard InChI is InChI=1S/C10H12BN3O2S/c1-14-10(12-7-13-14)17-6-8-4-2-3-5-9(8)11(15)16/h2-5,7,15-16H,6H2,1H3. The van der Waals surface area contributed by atoms with Gasteiger partial charge in [0, 0.05) is 12.8 Å². The molecule has 7 heteroatoms. The number of rotatable bonds is 4. The van der Waals surface area contributed by atoms with Crippen LogP contribution in [0.25, 0.3) is 0 Å². The van der Waals surface area contributed by atoms with E-state index in [2.05, 4.69) is 10.1 Å². The lowest BCUT2D eigenvalue weighted by molar-refractivity contribution is 0.425. The molecule has 2 rings (SSSR count). The fourth-order valence-electron chi connectivity index (χ4n) is 1.48. The summed E-state index contributed by atoms with van der Waals surface area (Å²) in [6, 6.07) is 7.24. The first kappa shape index (κ1) is 12.2. The lowest BCUT2D eigenvalue weighted by Gasteiger charge is -2.07. The van der Waals surface area contributed by atoms with E-state index >= 15 is 0 Å². The summed E-state index contributed by atoms with van der Waals surface area (Å²) in [5.74, 6) is 0.625. The molecule has 1 heterocycles. The second-order valence-corrected chi connectivity index (χ2v) is 4.47. The van der Waals surface area contributed by atoms with Crippen molar-refractivity contribution in [1.82, 2.24) is 14.8 Å². The number of thioether (sulfide) groups is 1. The molecular formula is C10H12BN3O2S. The van der Waals surface area contributed by atoms with Crippen molar-refractivity contribution < 1.29 is 10.0 Å². The summed E-state index contributed by atoms with van der Waals surface area (Å²) < 4.78 is 1.68. The summed E-state index contributed by atoms with van der Waals surface area (Å²) in [6.07, 6.45) is 1.50. The Morgan fingerprint density at radius 1 is 1.35 bits per heavy atom. The van der Waals surface area contributed by atoms with E-state index in [1.165, 1.54) is 18.1 Å². The Labute approximate surface area is 104 Å². The molecule has 0 bridgehead atoms. The van der Waals surface area contributed by atoms with Crippen LogP contribution in [-0.2, 0) is 12.8 Å². The molecule has 0 fully saturated rings. The molecule has 0 atom stereocenters. The summed E-state index contributed by atoms with van der Waals surface area (Å²) in [4.78, 5) is 4.10. The number of aromatic nitrogens is 3. The number of nitrogens with zero attached hydrogens (tertiary/aromatic N) is 3. The largest absolute Gasteiger partial charge is 0.488 e. The van der Waals surface area contributed by atoms with Gasteiger partial charge in [0.15, 0.2) is 5.16 Å². The van der Waals surface area contributed by atoms with Crippen molar-refractivity contribution in [2.24, 2.45) is 7.05 Å². The minimum atomic E-state index is -1.44. The Morgan fingerprint density at radius 3 is 2.76 bits per heavy atom. The molecule has 0 spiro atoms. The second kappa shape index (κ2) is 5.35. The summed E-state index contributed by atoms with van der Waals surface area (Å²) in [5, 5.41) is 23.2. The Hall–Kier alpha value is -1.31. The third-order valence-electron chi connectivity index (χ3n) is 2.36. The minimum Gasteiger partial charge on any atom is -0.423 e. The first-order valence-corrected chi connectivity index (χ1v) is 6.08. The number of hydrogen-bond acceptors (Lipinski definition) is 5. The van der Waals surface area contributed by atoms with Crippen LogP contribution in [0.15, 0.2) is 35.7 Å². The molecule has 2 aromatic rings. The summed E-state index contributed by atoms with van der Waals surface area (Å²) in [7, 11) is 0.383. The van der Waals surface area contributed by atoms with Gasteiger partial charge in [-0.3, -0.25) is 0 Å². The first-order chi connectivity index (χ1) is 8.18. The molecular weight excluding hydrogens is 237 g/mol.